The molecule has 0 radical (unpaired) electrons. The second-order valence-electron chi connectivity index (χ2n) is 15.1. The molecule has 3 aliphatic heterocycles. The summed E-state index contributed by atoms with van der Waals surface area (Å²) in [6.45, 7) is 5.63. The van der Waals surface area contributed by atoms with Gasteiger partial charge in [-0.05, 0) is 49.1 Å². The summed E-state index contributed by atoms with van der Waals surface area (Å²) in [5.74, 6) is -21.4. The summed E-state index contributed by atoms with van der Waals surface area (Å²) in [5.41, 5.74) is -0.190. The van der Waals surface area contributed by atoms with Gasteiger partial charge in [-0.25, -0.2) is 26.9 Å². The molecule has 15 heteroatoms. The summed E-state index contributed by atoms with van der Waals surface area (Å²) in [6, 6.07) is 13.9. The third-order valence-electron chi connectivity index (χ3n) is 12.3. The highest BCUT2D eigenvalue weighted by molar-refractivity contribution is 6.58. The number of benzene rings is 3. The van der Waals surface area contributed by atoms with Crippen LogP contribution in [0.2, 0.25) is 0 Å². The molecule has 3 aromatic carbocycles. The van der Waals surface area contributed by atoms with E-state index >= 15 is 8.78 Å². The van der Waals surface area contributed by atoms with Gasteiger partial charge in [-0.15, -0.1) is 29.8 Å². The lowest BCUT2D eigenvalue weighted by molar-refractivity contribution is -0.144. The number of anilines is 1. The van der Waals surface area contributed by atoms with Gasteiger partial charge in [0.15, 0.2) is 33.0 Å². The Labute approximate surface area is 328 Å². The second-order valence-corrected chi connectivity index (χ2v) is 16.3. The van der Waals surface area contributed by atoms with E-state index in [1.165, 1.54) is 23.1 Å². The molecule has 6 atom stereocenters. The summed E-state index contributed by atoms with van der Waals surface area (Å²) in [7, 11) is 0. The predicted molar refractivity (Wildman–Crippen MR) is 195 cm³/mol. The fourth-order valence-corrected chi connectivity index (χ4v) is 10.6. The number of alkyl halides is 2. The molecule has 3 saturated heterocycles. The van der Waals surface area contributed by atoms with Crippen molar-refractivity contribution in [3.05, 3.63) is 119 Å². The lowest BCUT2D eigenvalue weighted by Gasteiger charge is -2.50. The van der Waals surface area contributed by atoms with E-state index in [1.807, 2.05) is 30.3 Å². The minimum Gasteiger partial charge on any atom is -0.507 e. The molecule has 3 heterocycles. The number of phenolic OH excluding ortho intramolecular Hbond substituents is 1. The maximum Gasteiger partial charge on any atom is 0.258 e. The monoisotopic (exact) mass is 813 g/mol. The fraction of sp³-hybridized carbons (Fsp3) is 0.366. The number of fused-ring (bicyclic) bond motifs is 4. The maximum absolute atomic E-state index is 15.4. The first-order valence-electron chi connectivity index (χ1n) is 18.2. The van der Waals surface area contributed by atoms with Gasteiger partial charge in [-0.1, -0.05) is 66.3 Å². The number of amides is 4. The Kier molecular flexibility index (Phi) is 9.44. The highest BCUT2D eigenvalue weighted by Crippen LogP contribution is 2.67. The normalized spacial score (nSPS) is 29.4. The Morgan fingerprint density at radius 2 is 1.46 bits per heavy atom. The van der Waals surface area contributed by atoms with Crippen LogP contribution in [0.25, 0.3) is 0 Å². The van der Waals surface area contributed by atoms with Crippen molar-refractivity contribution in [2.75, 3.05) is 18.0 Å². The molecule has 3 aromatic rings. The van der Waals surface area contributed by atoms with E-state index in [9.17, 15) is 37.5 Å². The Balaban J connectivity index is 1.21. The van der Waals surface area contributed by atoms with Crippen LogP contribution in [0.1, 0.15) is 48.3 Å². The number of halogens is 7. The number of para-hydroxylation sites is 1. The lowest BCUT2D eigenvalue weighted by Crippen LogP contribution is -2.60. The number of hydrogen-bond acceptors (Lipinski definition) is 6. The van der Waals surface area contributed by atoms with Gasteiger partial charge in [-0.2, -0.15) is 0 Å². The van der Waals surface area contributed by atoms with E-state index in [1.54, 1.807) is 12.1 Å². The first-order valence-corrected chi connectivity index (χ1v) is 19.0. The average molecular weight is 815 g/mol. The quantitative estimate of drug-likeness (QED) is 0.0687. The summed E-state index contributed by atoms with van der Waals surface area (Å²) in [5, 5.41) is 11.6. The van der Waals surface area contributed by atoms with Crippen LogP contribution in [0.4, 0.5) is 27.6 Å². The van der Waals surface area contributed by atoms with E-state index in [0.29, 0.717) is 38.0 Å². The van der Waals surface area contributed by atoms with Gasteiger partial charge in [0.05, 0.1) is 11.8 Å². The number of nitrogens with zero attached hydrogens (tertiary/aromatic N) is 3. The number of rotatable bonds is 7. The second kappa shape index (κ2) is 13.8. The zero-order chi connectivity index (χ0) is 40.0. The molecular formula is C41H34Cl2F5N3O5. The van der Waals surface area contributed by atoms with Crippen molar-refractivity contribution in [2.24, 2.45) is 17.8 Å². The molecule has 0 unspecified atom stereocenters. The van der Waals surface area contributed by atoms with Gasteiger partial charge >= 0.3 is 0 Å². The highest BCUT2D eigenvalue weighted by Gasteiger charge is 2.77. The molecule has 4 fully saturated rings. The van der Waals surface area contributed by atoms with Gasteiger partial charge in [-0.3, -0.25) is 29.0 Å². The minimum atomic E-state index is -2.73. The molecule has 0 bridgehead atoms. The van der Waals surface area contributed by atoms with Crippen molar-refractivity contribution < 1.29 is 46.2 Å². The smallest absolute Gasteiger partial charge is 0.258 e. The third-order valence-corrected chi connectivity index (χ3v) is 13.7. The molecule has 2 aliphatic carbocycles. The molecule has 1 N–H and O–H groups in total. The van der Waals surface area contributed by atoms with Gasteiger partial charge < -0.3 is 5.11 Å². The lowest BCUT2D eigenvalue weighted by atomic mass is 9.56. The first kappa shape index (κ1) is 38.3. The number of hydrogen-bond donors (Lipinski definition) is 1. The SMILES string of the molecule is C=CCc1cccc([C@H]2C3=CC[C@@H]4C(=O)N(C5CCN(Cc6ccccc6)CC5)C(=O)[C@@H]4[C@@H]3C[C@@]3(Cl)C(=O)N(c4c(F)c(F)c(F)c(F)c4F)C(=O)[C@@]23Cl)c1O. The van der Waals surface area contributed by atoms with Gasteiger partial charge in [0, 0.05) is 37.2 Å². The molecule has 8 nitrogen and oxygen atoms in total. The molecule has 292 valence electrons. The van der Waals surface area contributed by atoms with Crippen molar-refractivity contribution in [2.45, 2.75) is 60.4 Å². The minimum absolute atomic E-state index is 0.0137. The number of allylic oxidation sites excluding steroid dienone is 3. The third kappa shape index (κ3) is 5.33. The van der Waals surface area contributed by atoms with Gasteiger partial charge in [0.1, 0.15) is 11.4 Å². The fourth-order valence-electron chi connectivity index (χ4n) is 9.64. The van der Waals surface area contributed by atoms with Crippen LogP contribution in [0.15, 0.2) is 72.8 Å². The van der Waals surface area contributed by atoms with Crippen LogP contribution in [0.5, 0.6) is 5.75 Å². The Morgan fingerprint density at radius 1 is 0.821 bits per heavy atom. The molecule has 0 spiro atoms. The number of carbonyl (C=O) groups is 4. The predicted octanol–water partition coefficient (Wildman–Crippen LogP) is 7.04. The Hall–Kier alpha value is -4.59. The highest BCUT2D eigenvalue weighted by atomic mass is 35.5. The van der Waals surface area contributed by atoms with Gasteiger partial charge in [0.25, 0.3) is 11.8 Å². The zero-order valence-corrected chi connectivity index (χ0v) is 31.1. The number of imide groups is 2. The summed E-state index contributed by atoms with van der Waals surface area (Å²) in [6.07, 6.45) is 3.66. The van der Waals surface area contributed by atoms with Crippen molar-refractivity contribution in [3.8, 4) is 5.75 Å². The number of phenols is 1. The summed E-state index contributed by atoms with van der Waals surface area (Å²) in [4.78, 5) is 55.6. The topological polar surface area (TPSA) is 98.2 Å². The van der Waals surface area contributed by atoms with Crippen LogP contribution >= 0.6 is 23.2 Å². The largest absolute Gasteiger partial charge is 0.507 e. The van der Waals surface area contributed by atoms with Crippen LogP contribution in [-0.4, -0.2) is 67.4 Å². The molecule has 0 aromatic heterocycles. The van der Waals surface area contributed by atoms with Crippen molar-refractivity contribution in [1.82, 2.24) is 9.80 Å². The molecule has 4 amide bonds. The molecule has 1 saturated carbocycles. The molecule has 5 aliphatic rings. The number of carbonyl (C=O) groups excluding carboxylic acids is 4. The zero-order valence-electron chi connectivity index (χ0n) is 29.6. The first-order chi connectivity index (χ1) is 26.7. The van der Waals surface area contributed by atoms with E-state index < -0.39 is 104 Å². The average Bonchev–Trinajstić information content (AvgIpc) is 3.53. The molecule has 56 heavy (non-hydrogen) atoms. The van der Waals surface area contributed by atoms with Crippen LogP contribution < -0.4 is 4.90 Å². The molecular weight excluding hydrogens is 780 g/mol. The number of likely N-dealkylation sites (tertiary alicyclic amines) is 2. The summed E-state index contributed by atoms with van der Waals surface area (Å²) >= 11 is 14.5. The molecule has 8 rings (SSSR count). The summed E-state index contributed by atoms with van der Waals surface area (Å²) < 4.78 is 74.0. The van der Waals surface area contributed by atoms with Crippen LogP contribution in [0.3, 0.4) is 0 Å². The Morgan fingerprint density at radius 3 is 2.11 bits per heavy atom. The standard InChI is InChI=1S/C41H34Cl2F5N3O5/c1-2-7-21-10-6-11-25(35(21)52)28-23-12-13-24-27(37(54)50(36(24)53)22-14-16-49(17-15-22)19-20-8-4-3-5-9-20)26(23)18-40(42)38(55)51(39(56)41(28,40)43)34-32(47)30(45)29(44)31(46)33(34)48/h2-6,8-12,22,24,26-28,52H,1,7,13-19H2/t24-,26+,27-,28+,40+,41-/m0/s1. The van der Waals surface area contributed by atoms with Crippen molar-refractivity contribution in [1.29, 1.82) is 0 Å². The Bertz CT molecular complexity index is 2220. The van der Waals surface area contributed by atoms with Gasteiger partial charge in [0.2, 0.25) is 17.6 Å². The van der Waals surface area contributed by atoms with Crippen molar-refractivity contribution in [3.63, 3.8) is 0 Å². The van der Waals surface area contributed by atoms with E-state index in [4.69, 9.17) is 23.2 Å². The van der Waals surface area contributed by atoms with E-state index in [2.05, 4.69) is 11.5 Å². The maximum atomic E-state index is 15.4. The van der Waals surface area contributed by atoms with E-state index in [-0.39, 0.29) is 34.6 Å². The van der Waals surface area contributed by atoms with E-state index in [0.717, 1.165) is 5.56 Å². The number of aromatic hydroxyl groups is 1. The van der Waals surface area contributed by atoms with Crippen LogP contribution in [-0.2, 0) is 32.1 Å². The van der Waals surface area contributed by atoms with Crippen LogP contribution in [0, 0.1) is 46.8 Å². The number of piperidine rings is 1. The van der Waals surface area contributed by atoms with Crippen molar-refractivity contribution >= 4 is 52.5 Å².